The van der Waals surface area contributed by atoms with Gasteiger partial charge in [-0.15, -0.1) is 5.10 Å². The van der Waals surface area contributed by atoms with Crippen LogP contribution in [0.1, 0.15) is 30.9 Å². The van der Waals surface area contributed by atoms with Crippen molar-refractivity contribution in [1.29, 1.82) is 0 Å². The van der Waals surface area contributed by atoms with Crippen LogP contribution in [0.15, 0.2) is 65.7 Å². The monoisotopic (exact) mass is 419 g/mol. The Kier molecular flexibility index (Phi) is 4.43. The van der Waals surface area contributed by atoms with E-state index in [1.807, 2.05) is 18.2 Å². The van der Waals surface area contributed by atoms with Crippen molar-refractivity contribution in [2.75, 3.05) is 0 Å². The van der Waals surface area contributed by atoms with Crippen molar-refractivity contribution < 1.29 is 8.78 Å². The van der Waals surface area contributed by atoms with Crippen LogP contribution in [0.25, 0.3) is 22.4 Å². The molecule has 0 N–H and O–H groups in total. The highest BCUT2D eigenvalue weighted by Gasteiger charge is 2.14. The van der Waals surface area contributed by atoms with Crippen molar-refractivity contribution >= 4 is 11.2 Å². The summed E-state index contributed by atoms with van der Waals surface area (Å²) in [6, 6.07) is 13.7. The standard InChI is InChI=1S/C23H19F2N5O/c1-14(2)16-4-6-17(7-5-16)20-12-21-22-27-30(13-15-3-8-18(24)19(25)11-15)23(31)28(22)9-10-29(21)26-20/h3-12,14H,13H2,1-2H3. The van der Waals surface area contributed by atoms with Gasteiger partial charge in [0.25, 0.3) is 0 Å². The summed E-state index contributed by atoms with van der Waals surface area (Å²) in [6.07, 6.45) is 3.29. The molecular weight excluding hydrogens is 400 g/mol. The zero-order valence-corrected chi connectivity index (χ0v) is 17.0. The largest absolute Gasteiger partial charge is 0.350 e. The summed E-state index contributed by atoms with van der Waals surface area (Å²) in [4.78, 5) is 12.8. The molecule has 0 aliphatic carbocycles. The van der Waals surface area contributed by atoms with Crippen LogP contribution in [0.5, 0.6) is 0 Å². The fourth-order valence-corrected chi connectivity index (χ4v) is 3.63. The van der Waals surface area contributed by atoms with Gasteiger partial charge in [-0.1, -0.05) is 44.2 Å². The van der Waals surface area contributed by atoms with Crippen LogP contribution in [0.4, 0.5) is 8.78 Å². The van der Waals surface area contributed by atoms with Gasteiger partial charge in [-0.05, 0) is 35.2 Å². The number of rotatable bonds is 4. The number of hydrogen-bond acceptors (Lipinski definition) is 3. The Hall–Kier alpha value is -3.81. The SMILES string of the molecule is CC(C)c1ccc(-c2cc3c4nn(Cc5ccc(F)c(F)c5)c(=O)n4ccn3n2)cc1. The quantitative estimate of drug-likeness (QED) is 0.437. The normalized spacial score (nSPS) is 11.8. The Morgan fingerprint density at radius 1 is 0.935 bits per heavy atom. The van der Waals surface area contributed by atoms with Gasteiger partial charge in [-0.25, -0.2) is 27.2 Å². The molecule has 3 aromatic heterocycles. The molecule has 0 saturated carbocycles. The minimum atomic E-state index is -0.958. The molecule has 0 aliphatic rings. The number of aromatic nitrogens is 5. The van der Waals surface area contributed by atoms with Crippen molar-refractivity contribution in [3.05, 3.63) is 94.2 Å². The van der Waals surface area contributed by atoms with Gasteiger partial charge in [0, 0.05) is 18.0 Å². The number of benzene rings is 2. The summed E-state index contributed by atoms with van der Waals surface area (Å²) in [5, 5.41) is 9.03. The predicted octanol–water partition coefficient (Wildman–Crippen LogP) is 4.26. The van der Waals surface area contributed by atoms with Gasteiger partial charge in [0.15, 0.2) is 17.3 Å². The molecule has 0 spiro atoms. The molecule has 8 heteroatoms. The van der Waals surface area contributed by atoms with E-state index in [1.54, 1.807) is 16.9 Å². The highest BCUT2D eigenvalue weighted by molar-refractivity contribution is 5.76. The summed E-state index contributed by atoms with van der Waals surface area (Å²) in [6.45, 7) is 4.32. The number of nitrogens with zero attached hydrogens (tertiary/aromatic N) is 5. The van der Waals surface area contributed by atoms with Crippen molar-refractivity contribution in [2.24, 2.45) is 0 Å². The fraction of sp³-hybridized carbons (Fsp3) is 0.174. The highest BCUT2D eigenvalue weighted by atomic mass is 19.2. The van der Waals surface area contributed by atoms with E-state index in [1.165, 1.54) is 20.7 Å². The van der Waals surface area contributed by atoms with Crippen LogP contribution < -0.4 is 5.69 Å². The predicted molar refractivity (Wildman–Crippen MR) is 113 cm³/mol. The Labute approximate surface area is 176 Å². The first kappa shape index (κ1) is 19.2. The average molecular weight is 419 g/mol. The Morgan fingerprint density at radius 2 is 1.71 bits per heavy atom. The van der Waals surface area contributed by atoms with E-state index in [9.17, 15) is 13.6 Å². The molecule has 0 atom stereocenters. The lowest BCUT2D eigenvalue weighted by atomic mass is 10.0. The molecular formula is C23H19F2N5O. The molecule has 31 heavy (non-hydrogen) atoms. The fourth-order valence-electron chi connectivity index (χ4n) is 3.63. The first-order chi connectivity index (χ1) is 14.9. The molecule has 0 fully saturated rings. The topological polar surface area (TPSA) is 56.6 Å². The van der Waals surface area contributed by atoms with E-state index >= 15 is 0 Å². The third-order valence-electron chi connectivity index (χ3n) is 5.38. The van der Waals surface area contributed by atoms with E-state index in [2.05, 4.69) is 36.2 Å². The van der Waals surface area contributed by atoms with E-state index in [-0.39, 0.29) is 12.2 Å². The second-order valence-corrected chi connectivity index (χ2v) is 7.82. The smallest absolute Gasteiger partial charge is 0.247 e. The summed E-state index contributed by atoms with van der Waals surface area (Å²) in [7, 11) is 0. The summed E-state index contributed by atoms with van der Waals surface area (Å²) in [5.41, 5.74) is 4.17. The van der Waals surface area contributed by atoms with Crippen LogP contribution in [0, 0.1) is 11.6 Å². The van der Waals surface area contributed by atoms with Crippen molar-refractivity contribution in [3.63, 3.8) is 0 Å². The Morgan fingerprint density at radius 3 is 2.42 bits per heavy atom. The molecule has 0 amide bonds. The lowest BCUT2D eigenvalue weighted by molar-refractivity contribution is 0.505. The molecule has 5 rings (SSSR count). The zero-order valence-electron chi connectivity index (χ0n) is 17.0. The minimum absolute atomic E-state index is 0.0293. The molecule has 3 heterocycles. The molecule has 5 aromatic rings. The molecule has 6 nitrogen and oxygen atoms in total. The van der Waals surface area contributed by atoms with Crippen LogP contribution in [0.3, 0.4) is 0 Å². The van der Waals surface area contributed by atoms with Gasteiger partial charge < -0.3 is 0 Å². The summed E-state index contributed by atoms with van der Waals surface area (Å²) in [5.74, 6) is -1.44. The molecule has 0 saturated heterocycles. The van der Waals surface area contributed by atoms with Crippen LogP contribution in [0.2, 0.25) is 0 Å². The third kappa shape index (κ3) is 3.30. The number of fused-ring (bicyclic) bond motifs is 3. The van der Waals surface area contributed by atoms with Crippen molar-refractivity contribution in [1.82, 2.24) is 23.8 Å². The van der Waals surface area contributed by atoms with Crippen LogP contribution >= 0.6 is 0 Å². The average Bonchev–Trinajstić information content (AvgIpc) is 3.32. The second kappa shape index (κ2) is 7.16. The van der Waals surface area contributed by atoms with E-state index < -0.39 is 11.6 Å². The Balaban J connectivity index is 1.57. The maximum Gasteiger partial charge on any atom is 0.350 e. The maximum atomic E-state index is 13.5. The summed E-state index contributed by atoms with van der Waals surface area (Å²) >= 11 is 0. The van der Waals surface area contributed by atoms with E-state index in [0.29, 0.717) is 22.6 Å². The molecule has 156 valence electrons. The molecule has 0 unspecified atom stereocenters. The summed E-state index contributed by atoms with van der Waals surface area (Å²) < 4.78 is 31.0. The maximum absolute atomic E-state index is 13.5. The minimum Gasteiger partial charge on any atom is -0.247 e. The molecule has 2 aromatic carbocycles. The third-order valence-corrected chi connectivity index (χ3v) is 5.38. The first-order valence-corrected chi connectivity index (χ1v) is 9.92. The van der Waals surface area contributed by atoms with Crippen molar-refractivity contribution in [3.8, 4) is 11.3 Å². The molecule has 0 bridgehead atoms. The van der Waals surface area contributed by atoms with Gasteiger partial charge in [-0.2, -0.15) is 5.10 Å². The second-order valence-electron chi connectivity index (χ2n) is 7.82. The molecule has 0 radical (unpaired) electrons. The Bertz CT molecular complexity index is 1480. The van der Waals surface area contributed by atoms with Gasteiger partial charge in [0.2, 0.25) is 0 Å². The lowest BCUT2D eigenvalue weighted by Crippen LogP contribution is -2.21. The van der Waals surface area contributed by atoms with Gasteiger partial charge in [0.1, 0.15) is 5.52 Å². The number of halogens is 2. The van der Waals surface area contributed by atoms with E-state index in [4.69, 9.17) is 0 Å². The first-order valence-electron chi connectivity index (χ1n) is 9.92. The van der Waals surface area contributed by atoms with Crippen molar-refractivity contribution in [2.45, 2.75) is 26.3 Å². The van der Waals surface area contributed by atoms with Gasteiger partial charge in [0.05, 0.1) is 12.2 Å². The highest BCUT2D eigenvalue weighted by Crippen LogP contribution is 2.24. The lowest BCUT2D eigenvalue weighted by Gasteiger charge is -2.05. The number of hydrogen-bond donors (Lipinski definition) is 0. The van der Waals surface area contributed by atoms with Crippen LogP contribution in [-0.4, -0.2) is 23.8 Å². The van der Waals surface area contributed by atoms with Gasteiger partial charge in [-0.3, -0.25) is 0 Å². The van der Waals surface area contributed by atoms with Gasteiger partial charge >= 0.3 is 5.69 Å². The van der Waals surface area contributed by atoms with Crippen LogP contribution in [-0.2, 0) is 6.54 Å². The zero-order chi connectivity index (χ0) is 21.7. The molecule has 0 aliphatic heterocycles. The van der Waals surface area contributed by atoms with E-state index in [0.717, 1.165) is 23.4 Å².